The van der Waals surface area contributed by atoms with E-state index in [2.05, 4.69) is 20.1 Å². The number of halogens is 1. The van der Waals surface area contributed by atoms with Crippen molar-refractivity contribution in [2.45, 2.75) is 20.3 Å². The molecule has 0 atom stereocenters. The van der Waals surface area contributed by atoms with E-state index in [-0.39, 0.29) is 24.9 Å². The highest BCUT2D eigenvalue weighted by atomic mass is 32.1. The molecule has 2 N–H and O–H groups in total. The van der Waals surface area contributed by atoms with E-state index in [1.54, 1.807) is 33.8 Å². The second kappa shape index (κ2) is 11.4. The van der Waals surface area contributed by atoms with E-state index >= 15 is 0 Å². The van der Waals surface area contributed by atoms with Crippen molar-refractivity contribution in [1.82, 2.24) is 29.3 Å². The van der Waals surface area contributed by atoms with Crippen LogP contribution in [0, 0.1) is 12.7 Å². The molecule has 0 radical (unpaired) electrons. The predicted molar refractivity (Wildman–Crippen MR) is 158 cm³/mol. The first kappa shape index (κ1) is 27.5. The van der Waals surface area contributed by atoms with Gasteiger partial charge in [-0.3, -0.25) is 19.0 Å². The number of benzene rings is 2. The van der Waals surface area contributed by atoms with Crippen LogP contribution in [0.15, 0.2) is 84.0 Å². The molecule has 0 aliphatic rings. The van der Waals surface area contributed by atoms with Gasteiger partial charge in [-0.15, -0.1) is 0 Å². The number of pyridine rings is 2. The van der Waals surface area contributed by atoms with Gasteiger partial charge in [0, 0.05) is 30.7 Å². The van der Waals surface area contributed by atoms with Gasteiger partial charge in [0.1, 0.15) is 17.2 Å². The van der Waals surface area contributed by atoms with Gasteiger partial charge in [0.15, 0.2) is 5.82 Å². The molecule has 6 rings (SSSR count). The normalized spacial score (nSPS) is 10.7. The van der Waals surface area contributed by atoms with E-state index in [4.69, 9.17) is 5.73 Å². The lowest BCUT2D eigenvalue weighted by Crippen LogP contribution is -2.22. The Morgan fingerprint density at radius 3 is 2.54 bits per heavy atom. The van der Waals surface area contributed by atoms with Gasteiger partial charge in [0.05, 0.1) is 22.8 Å². The fraction of sp³-hybridized carbons (Fsp3) is 0.138. The Hall–Kier alpha value is -4.57. The zero-order chi connectivity index (χ0) is 26.8. The van der Waals surface area contributed by atoms with Crippen LogP contribution < -0.4 is 11.3 Å². The topological polar surface area (TPSA) is 105 Å². The third kappa shape index (κ3) is 5.51. The molecule has 0 aliphatic heterocycles. The quantitative estimate of drug-likeness (QED) is 0.333. The molecule has 6 aromatic rings. The third-order valence-corrected chi connectivity index (χ3v) is 6.16. The van der Waals surface area contributed by atoms with E-state index in [1.807, 2.05) is 63.5 Å². The van der Waals surface area contributed by atoms with Gasteiger partial charge >= 0.3 is 0 Å². The summed E-state index contributed by atoms with van der Waals surface area (Å²) in [6, 6.07) is 17.6. The Bertz CT molecular complexity index is 1850. The lowest BCUT2D eigenvalue weighted by molar-refractivity contribution is 0.626. The van der Waals surface area contributed by atoms with Crippen LogP contribution >= 0.6 is 13.5 Å². The molecule has 8 nitrogen and oxygen atoms in total. The van der Waals surface area contributed by atoms with Gasteiger partial charge in [-0.05, 0) is 60.7 Å². The Balaban J connectivity index is 0.000000228. The summed E-state index contributed by atoms with van der Waals surface area (Å²) < 4.78 is 17.1. The summed E-state index contributed by atoms with van der Waals surface area (Å²) >= 11 is 0. The van der Waals surface area contributed by atoms with Crippen LogP contribution in [0.4, 0.5) is 10.2 Å². The molecule has 39 heavy (non-hydrogen) atoms. The number of fused-ring (bicyclic) bond motifs is 2. The van der Waals surface area contributed by atoms with Gasteiger partial charge in [0.2, 0.25) is 0 Å². The number of hydrogen-bond donors (Lipinski definition) is 1. The summed E-state index contributed by atoms with van der Waals surface area (Å²) in [4.78, 5) is 25.7. The highest BCUT2D eigenvalue weighted by Gasteiger charge is 2.15. The number of nitrogen functional groups attached to an aromatic ring is 1. The summed E-state index contributed by atoms with van der Waals surface area (Å²) in [6.07, 6.45) is 5.97. The lowest BCUT2D eigenvalue weighted by Gasteiger charge is -2.15. The fourth-order valence-electron chi connectivity index (χ4n) is 4.49. The summed E-state index contributed by atoms with van der Waals surface area (Å²) in [5.74, 6) is 0.753. The molecule has 2 aromatic carbocycles. The molecule has 0 unspecified atom stereocenters. The molecule has 0 saturated heterocycles. The molecule has 0 saturated carbocycles. The fourth-order valence-corrected chi connectivity index (χ4v) is 4.49. The van der Waals surface area contributed by atoms with E-state index in [0.717, 1.165) is 27.7 Å². The lowest BCUT2D eigenvalue weighted by atomic mass is 10.0. The average molecular weight is 542 g/mol. The molecular formula is C29H28FN7OS. The monoisotopic (exact) mass is 541 g/mol. The number of hydrogen-bond acceptors (Lipinski definition) is 6. The van der Waals surface area contributed by atoms with Crippen molar-refractivity contribution in [3.05, 3.63) is 107 Å². The summed E-state index contributed by atoms with van der Waals surface area (Å²) in [6.45, 7) is 3.80. The van der Waals surface area contributed by atoms with Crippen molar-refractivity contribution in [3.8, 4) is 16.8 Å². The van der Waals surface area contributed by atoms with Crippen molar-refractivity contribution < 1.29 is 4.39 Å². The highest BCUT2D eigenvalue weighted by Crippen LogP contribution is 2.27. The molecule has 0 aliphatic carbocycles. The number of aromatic nitrogens is 6. The van der Waals surface area contributed by atoms with Crippen molar-refractivity contribution in [2.24, 2.45) is 7.05 Å². The van der Waals surface area contributed by atoms with Crippen LogP contribution in [-0.4, -0.2) is 29.3 Å². The van der Waals surface area contributed by atoms with Crippen molar-refractivity contribution in [2.75, 3.05) is 5.73 Å². The smallest absolute Gasteiger partial charge is 0.263 e. The Morgan fingerprint density at radius 2 is 1.82 bits per heavy atom. The molecule has 0 spiro atoms. The van der Waals surface area contributed by atoms with Crippen LogP contribution in [0.1, 0.15) is 18.4 Å². The second-order valence-corrected chi connectivity index (χ2v) is 8.81. The molecule has 4 aromatic heterocycles. The van der Waals surface area contributed by atoms with Gasteiger partial charge in [0.25, 0.3) is 5.56 Å². The molecule has 10 heteroatoms. The van der Waals surface area contributed by atoms with E-state index in [9.17, 15) is 9.18 Å². The zero-order valence-electron chi connectivity index (χ0n) is 21.8. The first-order valence-electron chi connectivity index (χ1n) is 12.1. The van der Waals surface area contributed by atoms with Crippen LogP contribution in [0.3, 0.4) is 0 Å². The minimum atomic E-state index is -0.364. The number of nitrogens with zero attached hydrogens (tertiary/aromatic N) is 6. The molecule has 4 heterocycles. The first-order chi connectivity index (χ1) is 18.4. The summed E-state index contributed by atoms with van der Waals surface area (Å²) in [5, 5.41) is 5.70. The molecular weight excluding hydrogens is 513 g/mol. The van der Waals surface area contributed by atoms with Gasteiger partial charge in [-0.25, -0.2) is 14.4 Å². The van der Waals surface area contributed by atoms with Crippen LogP contribution in [0.5, 0.6) is 0 Å². The SMILES string of the molecule is CCc1cc2cccc(-c3cnn(C)c3)c2c(=O)n1-c1cccc(F)c1.Cc1nc(N)c2ncccc2n1.S. The van der Waals surface area contributed by atoms with Crippen molar-refractivity contribution >= 4 is 41.1 Å². The van der Waals surface area contributed by atoms with Gasteiger partial charge in [-0.1, -0.05) is 31.2 Å². The van der Waals surface area contributed by atoms with Crippen molar-refractivity contribution in [1.29, 1.82) is 0 Å². The third-order valence-electron chi connectivity index (χ3n) is 6.16. The van der Waals surface area contributed by atoms with E-state index < -0.39 is 0 Å². The zero-order valence-corrected chi connectivity index (χ0v) is 22.8. The van der Waals surface area contributed by atoms with Crippen LogP contribution in [-0.2, 0) is 13.5 Å². The molecule has 0 amide bonds. The largest absolute Gasteiger partial charge is 0.382 e. The molecule has 0 fully saturated rings. The maximum absolute atomic E-state index is 13.8. The number of nitrogens with two attached hydrogens (primary N) is 1. The summed E-state index contributed by atoms with van der Waals surface area (Å²) in [5.41, 5.74) is 10.0. The standard InChI is InChI=1S/C21H18FN3O.C8H8N4.H2S/c1-3-17-10-14-6-4-9-19(15-12-23-24(2)13-15)20(14)21(26)25(17)18-8-5-7-16(22)11-18;1-5-11-6-3-2-4-10-7(6)8(9)12-5;/h4-13H,3H2,1-2H3;2-4H,1H3,(H2,9,11,12);1H2. The minimum absolute atomic E-state index is 0. The van der Waals surface area contributed by atoms with Crippen LogP contribution in [0.2, 0.25) is 0 Å². The maximum atomic E-state index is 13.8. The minimum Gasteiger partial charge on any atom is -0.382 e. The van der Waals surface area contributed by atoms with Gasteiger partial charge < -0.3 is 5.73 Å². The van der Waals surface area contributed by atoms with E-state index in [0.29, 0.717) is 34.7 Å². The van der Waals surface area contributed by atoms with E-state index in [1.165, 1.54) is 12.1 Å². The molecule has 198 valence electrons. The number of anilines is 1. The van der Waals surface area contributed by atoms with Crippen molar-refractivity contribution in [3.63, 3.8) is 0 Å². The first-order valence-corrected chi connectivity index (χ1v) is 12.1. The van der Waals surface area contributed by atoms with Crippen LogP contribution in [0.25, 0.3) is 38.6 Å². The molecule has 0 bridgehead atoms. The Kier molecular flexibility index (Phi) is 8.06. The maximum Gasteiger partial charge on any atom is 0.263 e. The summed E-state index contributed by atoms with van der Waals surface area (Å²) in [7, 11) is 1.84. The number of aryl methyl sites for hydroxylation is 3. The highest BCUT2D eigenvalue weighted by molar-refractivity contribution is 7.59. The van der Waals surface area contributed by atoms with Gasteiger partial charge in [-0.2, -0.15) is 18.6 Å². The Labute approximate surface area is 231 Å². The Morgan fingerprint density at radius 1 is 1.03 bits per heavy atom. The number of rotatable bonds is 3. The average Bonchev–Trinajstić information content (AvgIpc) is 3.34. The second-order valence-electron chi connectivity index (χ2n) is 8.81. The predicted octanol–water partition coefficient (Wildman–Crippen LogP) is 5.12.